The number of nitrogens with zero attached hydrogens (tertiary/aromatic N) is 2. The third-order valence-corrected chi connectivity index (χ3v) is 12.1. The molecule has 0 unspecified atom stereocenters. The van der Waals surface area contributed by atoms with Crippen molar-refractivity contribution in [1.82, 2.24) is 9.55 Å². The molecule has 0 spiro atoms. The summed E-state index contributed by atoms with van der Waals surface area (Å²) in [5.74, 6) is 0.982. The van der Waals surface area contributed by atoms with E-state index in [9.17, 15) is 0 Å². The highest BCUT2D eigenvalue weighted by molar-refractivity contribution is 6.71. The summed E-state index contributed by atoms with van der Waals surface area (Å²) in [5, 5.41) is 4.28. The van der Waals surface area contributed by atoms with Crippen LogP contribution >= 0.6 is 0 Å². The number of benzene rings is 9. The molecule has 10 rings (SSSR count). The number of para-hydroxylation sites is 2. The van der Waals surface area contributed by atoms with E-state index in [2.05, 4.69) is 90.4 Å². The maximum atomic E-state index is 7.14. The van der Waals surface area contributed by atoms with E-state index in [4.69, 9.17) is 67.8 Å². The van der Waals surface area contributed by atoms with Crippen molar-refractivity contribution in [3.63, 3.8) is 0 Å². The molecule has 61 heavy (non-hydrogen) atoms. The maximum absolute atomic E-state index is 7.14. The molecule has 266 valence electrons. The lowest BCUT2D eigenvalue weighted by Crippen LogP contribution is -2.50. The van der Waals surface area contributed by atoms with Gasteiger partial charge in [-0.1, -0.05) is 120 Å². The molecule has 1 heterocycles. The molecule has 2 nitrogen and oxygen atoms in total. The minimum atomic E-state index is 0.165. The predicted octanol–water partition coefficient (Wildman–Crippen LogP) is 4.07. The van der Waals surface area contributed by atoms with Gasteiger partial charge in [0.2, 0.25) is 0 Å². The molecular weight excluding hydrogens is 727 g/mol. The summed E-state index contributed by atoms with van der Waals surface area (Å²) in [6.45, 7) is 2.12. The van der Waals surface area contributed by atoms with Crippen LogP contribution in [0.5, 0.6) is 0 Å². The topological polar surface area (TPSA) is 17.8 Å². The number of aryl methyl sites for hydroxylation is 1. The lowest BCUT2D eigenvalue weighted by molar-refractivity contribution is 0.909. The van der Waals surface area contributed by atoms with E-state index in [1.165, 1.54) is 0 Å². The highest BCUT2D eigenvalue weighted by atomic mass is 15.1. The van der Waals surface area contributed by atoms with Crippen LogP contribution in [-0.4, -0.2) is 72.3 Å². The van der Waals surface area contributed by atoms with Crippen molar-refractivity contribution in [2.75, 3.05) is 0 Å². The second kappa shape index (κ2) is 15.0. The SMILES string of the molecule is [B]c1c([B])c([B])c2c(-c3ccc4cc(-n5c(CC)nc6ccccc65)ccc4c3)c3c([B])c([B])c([B])c([B])c3c(-c3cc(-c4ccccc4)cc(-c4ccccc4)c3)c2c1[B]. The van der Waals surface area contributed by atoms with Gasteiger partial charge in [0.1, 0.15) is 68.6 Å². The van der Waals surface area contributed by atoms with E-state index in [0.717, 1.165) is 73.1 Å². The normalized spacial score (nSPS) is 11.6. The summed E-state index contributed by atoms with van der Waals surface area (Å²) >= 11 is 0. The molecule has 0 atom stereocenters. The molecule has 10 heteroatoms. The van der Waals surface area contributed by atoms with Gasteiger partial charge < -0.3 is 0 Å². The van der Waals surface area contributed by atoms with Crippen molar-refractivity contribution >= 4 is 150 Å². The lowest BCUT2D eigenvalue weighted by atomic mass is 9.59. The highest BCUT2D eigenvalue weighted by Gasteiger charge is 2.25. The van der Waals surface area contributed by atoms with Crippen LogP contribution in [-0.2, 0) is 6.42 Å². The predicted molar refractivity (Wildman–Crippen MR) is 268 cm³/mol. The minimum absolute atomic E-state index is 0.165. The van der Waals surface area contributed by atoms with Crippen LogP contribution < -0.4 is 43.7 Å². The Bertz CT molecular complexity index is 3300. The molecule has 0 aliphatic heterocycles. The van der Waals surface area contributed by atoms with Gasteiger partial charge in [-0.2, -0.15) is 0 Å². The van der Waals surface area contributed by atoms with Gasteiger partial charge in [0, 0.05) is 12.1 Å². The van der Waals surface area contributed by atoms with E-state index < -0.39 is 0 Å². The van der Waals surface area contributed by atoms with Gasteiger partial charge >= 0.3 is 0 Å². The lowest BCUT2D eigenvalue weighted by Gasteiger charge is -2.29. The first-order chi connectivity index (χ1) is 29.5. The monoisotopic (exact) mass is 756 g/mol. The summed E-state index contributed by atoms with van der Waals surface area (Å²) in [4.78, 5) is 4.91. The molecule has 9 aromatic carbocycles. The molecule has 0 aliphatic rings. The zero-order valence-corrected chi connectivity index (χ0v) is 33.5. The Morgan fingerprint density at radius 3 is 1.36 bits per heavy atom. The van der Waals surface area contributed by atoms with Crippen molar-refractivity contribution in [2.24, 2.45) is 0 Å². The Balaban J connectivity index is 1.32. The molecule has 0 N–H and O–H groups in total. The van der Waals surface area contributed by atoms with Crippen LogP contribution in [0.15, 0.2) is 140 Å². The average Bonchev–Trinajstić information content (AvgIpc) is 3.69. The van der Waals surface area contributed by atoms with Gasteiger partial charge in [-0.05, 0) is 125 Å². The molecule has 0 amide bonds. The average molecular weight is 755 g/mol. The van der Waals surface area contributed by atoms with Gasteiger partial charge in [0.15, 0.2) is 0 Å². The Morgan fingerprint density at radius 2 is 0.836 bits per heavy atom. The van der Waals surface area contributed by atoms with Crippen molar-refractivity contribution < 1.29 is 0 Å². The van der Waals surface area contributed by atoms with Crippen LogP contribution in [0.3, 0.4) is 0 Å². The van der Waals surface area contributed by atoms with Gasteiger partial charge in [-0.25, -0.2) is 4.98 Å². The largest absolute Gasteiger partial charge is 0.296 e. The van der Waals surface area contributed by atoms with E-state index in [0.29, 0.717) is 32.7 Å². The number of hydrogen-bond donors (Lipinski definition) is 0. The molecular formula is C51H28B8N2. The van der Waals surface area contributed by atoms with E-state index in [1.54, 1.807) is 0 Å². The second-order valence-electron chi connectivity index (χ2n) is 15.5. The number of aromatic nitrogens is 2. The third kappa shape index (κ3) is 6.17. The summed E-state index contributed by atoms with van der Waals surface area (Å²) in [6, 6.07) is 47.5. The number of rotatable bonds is 6. The number of fused-ring (bicyclic) bond motifs is 4. The fraction of sp³-hybridized carbons (Fsp3) is 0.0392. The van der Waals surface area contributed by atoms with Crippen LogP contribution in [0.2, 0.25) is 0 Å². The molecule has 0 aliphatic carbocycles. The summed E-state index contributed by atoms with van der Waals surface area (Å²) in [7, 11) is 55.5. The first kappa shape index (κ1) is 38.9. The zero-order chi connectivity index (χ0) is 42.3. The van der Waals surface area contributed by atoms with Gasteiger partial charge in [-0.15, -0.1) is 21.9 Å². The standard InChI is InChI=1S/C51H28B8N2/c1-2-37-60-35-15-9-10-16-36(35)61(37)34-20-19-28-21-30(18-17-29(28)25-34)38-40-42(46(54)50(58)48(56)44(40)52)39(43-41(38)45(53)49(57)51(59)47(43)55)33-23-31(26-11-5-3-6-12-26)22-32(24-33)27-13-7-4-8-14-27/h3-25H,2H2,1H3. The summed E-state index contributed by atoms with van der Waals surface area (Å²) < 4.78 is 2.21. The smallest absolute Gasteiger partial charge is 0.114 e. The molecule has 0 bridgehead atoms. The Labute approximate surface area is 366 Å². The fourth-order valence-corrected chi connectivity index (χ4v) is 9.02. The van der Waals surface area contributed by atoms with Crippen LogP contribution in [0.1, 0.15) is 12.7 Å². The number of imidazole rings is 1. The first-order valence-electron chi connectivity index (χ1n) is 20.1. The Hall–Kier alpha value is -6.25. The van der Waals surface area contributed by atoms with Crippen molar-refractivity contribution in [3.05, 3.63) is 145 Å². The van der Waals surface area contributed by atoms with Crippen molar-refractivity contribution in [1.29, 1.82) is 0 Å². The van der Waals surface area contributed by atoms with E-state index in [1.807, 2.05) is 60.7 Å². The zero-order valence-electron chi connectivity index (χ0n) is 33.5. The third-order valence-electron chi connectivity index (χ3n) is 12.1. The van der Waals surface area contributed by atoms with Crippen molar-refractivity contribution in [2.45, 2.75) is 13.3 Å². The minimum Gasteiger partial charge on any atom is -0.296 e. The molecule has 10 aromatic rings. The Morgan fingerprint density at radius 1 is 0.393 bits per heavy atom. The molecule has 0 saturated carbocycles. The fourth-order valence-electron chi connectivity index (χ4n) is 9.02. The first-order valence-corrected chi connectivity index (χ1v) is 20.1. The molecule has 0 saturated heterocycles. The molecule has 16 radical (unpaired) electrons. The highest BCUT2D eigenvalue weighted by Crippen LogP contribution is 2.43. The van der Waals surface area contributed by atoms with Gasteiger partial charge in [0.25, 0.3) is 0 Å². The van der Waals surface area contributed by atoms with Crippen LogP contribution in [0.25, 0.3) is 93.5 Å². The number of hydrogen-bond acceptors (Lipinski definition) is 1. The second-order valence-corrected chi connectivity index (χ2v) is 15.5. The van der Waals surface area contributed by atoms with Gasteiger partial charge in [0.05, 0.1) is 11.0 Å². The van der Waals surface area contributed by atoms with Gasteiger partial charge in [-0.3, -0.25) is 4.57 Å². The Kier molecular flexibility index (Phi) is 9.59. The van der Waals surface area contributed by atoms with E-state index in [-0.39, 0.29) is 43.7 Å². The summed E-state index contributed by atoms with van der Waals surface area (Å²) in [6.07, 6.45) is 0.780. The molecule has 1 aromatic heterocycles. The molecule has 0 fully saturated rings. The van der Waals surface area contributed by atoms with E-state index >= 15 is 0 Å². The van der Waals surface area contributed by atoms with Crippen molar-refractivity contribution in [3.8, 4) is 50.2 Å². The maximum Gasteiger partial charge on any atom is 0.114 e. The van der Waals surface area contributed by atoms with Crippen LogP contribution in [0.4, 0.5) is 0 Å². The summed E-state index contributed by atoms with van der Waals surface area (Å²) in [5.41, 5.74) is 11.6. The quantitative estimate of drug-likeness (QED) is 0.185. The van der Waals surface area contributed by atoms with Crippen LogP contribution in [0, 0.1) is 0 Å².